The number of hydrogen-bond acceptors (Lipinski definition) is 5. The van der Waals surface area contributed by atoms with Crippen LogP contribution in [-0.4, -0.2) is 17.0 Å². The molecular formula is C16H17N3OS. The van der Waals surface area contributed by atoms with Crippen LogP contribution < -0.4 is 10.1 Å². The molecule has 0 saturated carbocycles. The number of nitrogens with one attached hydrogen (secondary N) is 1. The number of ether oxygens (including phenoxy) is 1. The van der Waals surface area contributed by atoms with Crippen LogP contribution in [0.3, 0.4) is 0 Å². The van der Waals surface area contributed by atoms with Gasteiger partial charge < -0.3 is 10.1 Å². The van der Waals surface area contributed by atoms with Crippen molar-refractivity contribution < 1.29 is 4.74 Å². The topological polar surface area (TPSA) is 47.0 Å². The van der Waals surface area contributed by atoms with Crippen molar-refractivity contribution in [2.24, 2.45) is 0 Å². The van der Waals surface area contributed by atoms with E-state index >= 15 is 0 Å². The highest BCUT2D eigenvalue weighted by Crippen LogP contribution is 2.34. The molecule has 2 heterocycles. The molecule has 0 spiro atoms. The normalized spacial score (nSPS) is 11.0. The van der Waals surface area contributed by atoms with E-state index in [1.807, 2.05) is 29.6 Å². The highest BCUT2D eigenvalue weighted by Gasteiger charge is 2.13. The summed E-state index contributed by atoms with van der Waals surface area (Å²) in [6.07, 6.45) is 0. The Labute approximate surface area is 127 Å². The third-order valence-corrected chi connectivity index (χ3v) is 4.07. The summed E-state index contributed by atoms with van der Waals surface area (Å²) in [4.78, 5) is 9.80. The Kier molecular flexibility index (Phi) is 3.75. The first-order chi connectivity index (χ1) is 10.2. The molecule has 0 aliphatic rings. The van der Waals surface area contributed by atoms with Gasteiger partial charge in [0.05, 0.1) is 5.39 Å². The van der Waals surface area contributed by atoms with Crippen molar-refractivity contribution in [1.29, 1.82) is 0 Å². The van der Waals surface area contributed by atoms with Gasteiger partial charge in [-0.15, -0.1) is 11.3 Å². The quantitative estimate of drug-likeness (QED) is 0.762. The molecule has 0 amide bonds. The second-order valence-electron chi connectivity index (χ2n) is 5.04. The SMILES string of the molecule is CNc1nc(Oc2ccccc2C(C)C)c2ccsc2n1. The van der Waals surface area contributed by atoms with Crippen LogP contribution in [-0.2, 0) is 0 Å². The molecule has 0 bridgehead atoms. The van der Waals surface area contributed by atoms with Gasteiger partial charge in [-0.25, -0.2) is 4.98 Å². The van der Waals surface area contributed by atoms with Crippen molar-refractivity contribution in [2.45, 2.75) is 19.8 Å². The lowest BCUT2D eigenvalue weighted by Crippen LogP contribution is -2.00. The lowest BCUT2D eigenvalue weighted by molar-refractivity contribution is 0.460. The molecular weight excluding hydrogens is 282 g/mol. The average Bonchev–Trinajstić information content (AvgIpc) is 2.96. The molecule has 21 heavy (non-hydrogen) atoms. The number of anilines is 1. The summed E-state index contributed by atoms with van der Waals surface area (Å²) in [5.74, 6) is 2.41. The molecule has 0 saturated heterocycles. The van der Waals surface area contributed by atoms with E-state index in [1.54, 1.807) is 18.4 Å². The van der Waals surface area contributed by atoms with E-state index in [0.29, 0.717) is 17.7 Å². The van der Waals surface area contributed by atoms with E-state index in [1.165, 1.54) is 5.56 Å². The smallest absolute Gasteiger partial charge is 0.232 e. The molecule has 2 aromatic heterocycles. The number of aromatic nitrogens is 2. The highest BCUT2D eigenvalue weighted by atomic mass is 32.1. The summed E-state index contributed by atoms with van der Waals surface area (Å²) in [5, 5.41) is 5.92. The Balaban J connectivity index is 2.07. The van der Waals surface area contributed by atoms with Crippen LogP contribution in [0.1, 0.15) is 25.3 Å². The molecule has 0 atom stereocenters. The van der Waals surface area contributed by atoms with Crippen LogP contribution in [0.4, 0.5) is 5.95 Å². The Morgan fingerprint density at radius 3 is 2.71 bits per heavy atom. The molecule has 3 aromatic rings. The third kappa shape index (κ3) is 2.69. The van der Waals surface area contributed by atoms with E-state index in [2.05, 4.69) is 35.2 Å². The fourth-order valence-electron chi connectivity index (χ4n) is 2.17. The molecule has 0 unspecified atom stereocenters. The Hall–Kier alpha value is -2.14. The summed E-state index contributed by atoms with van der Waals surface area (Å²) < 4.78 is 6.10. The Bertz CT molecular complexity index is 767. The van der Waals surface area contributed by atoms with Gasteiger partial charge in [0.25, 0.3) is 0 Å². The van der Waals surface area contributed by atoms with Crippen molar-refractivity contribution in [1.82, 2.24) is 9.97 Å². The summed E-state index contributed by atoms with van der Waals surface area (Å²) in [6.45, 7) is 4.31. The Morgan fingerprint density at radius 1 is 1.14 bits per heavy atom. The number of thiophene rings is 1. The van der Waals surface area contributed by atoms with Gasteiger partial charge in [-0.2, -0.15) is 4.98 Å². The number of fused-ring (bicyclic) bond motifs is 1. The summed E-state index contributed by atoms with van der Waals surface area (Å²) >= 11 is 1.58. The molecule has 0 aliphatic heterocycles. The van der Waals surface area contributed by atoms with Crippen LogP contribution in [0.2, 0.25) is 0 Å². The first-order valence-corrected chi connectivity index (χ1v) is 7.76. The maximum Gasteiger partial charge on any atom is 0.232 e. The van der Waals surface area contributed by atoms with Crippen molar-refractivity contribution in [3.05, 3.63) is 41.3 Å². The van der Waals surface area contributed by atoms with Crippen LogP contribution >= 0.6 is 11.3 Å². The van der Waals surface area contributed by atoms with Crippen LogP contribution in [0.15, 0.2) is 35.7 Å². The zero-order chi connectivity index (χ0) is 14.8. The minimum absolute atomic E-state index is 0.393. The molecule has 108 valence electrons. The molecule has 0 aliphatic carbocycles. The molecule has 0 fully saturated rings. The maximum absolute atomic E-state index is 6.10. The van der Waals surface area contributed by atoms with Gasteiger partial charge in [0, 0.05) is 7.05 Å². The number of rotatable bonds is 4. The zero-order valence-electron chi connectivity index (χ0n) is 12.3. The van der Waals surface area contributed by atoms with Gasteiger partial charge in [-0.1, -0.05) is 32.0 Å². The molecule has 5 heteroatoms. The molecule has 3 rings (SSSR count). The van der Waals surface area contributed by atoms with Gasteiger partial charge in [-0.05, 0) is 29.0 Å². The largest absolute Gasteiger partial charge is 0.438 e. The third-order valence-electron chi connectivity index (χ3n) is 3.26. The minimum atomic E-state index is 0.393. The van der Waals surface area contributed by atoms with Crippen molar-refractivity contribution >= 4 is 27.5 Å². The number of benzene rings is 1. The van der Waals surface area contributed by atoms with Crippen LogP contribution in [0.5, 0.6) is 11.6 Å². The molecule has 0 radical (unpaired) electrons. The first kappa shape index (κ1) is 13.8. The summed E-state index contributed by atoms with van der Waals surface area (Å²) in [7, 11) is 1.81. The van der Waals surface area contributed by atoms with Gasteiger partial charge in [0.15, 0.2) is 0 Å². The van der Waals surface area contributed by atoms with E-state index in [-0.39, 0.29) is 0 Å². The molecule has 4 nitrogen and oxygen atoms in total. The second kappa shape index (κ2) is 5.69. The number of nitrogens with zero attached hydrogens (tertiary/aromatic N) is 2. The predicted octanol–water partition coefficient (Wildman–Crippen LogP) is 4.65. The van der Waals surface area contributed by atoms with Gasteiger partial charge in [0.1, 0.15) is 10.6 Å². The lowest BCUT2D eigenvalue weighted by Gasteiger charge is -2.13. The number of hydrogen-bond donors (Lipinski definition) is 1. The molecule has 1 N–H and O–H groups in total. The van der Waals surface area contributed by atoms with Crippen molar-refractivity contribution in [3.63, 3.8) is 0 Å². The van der Waals surface area contributed by atoms with E-state index < -0.39 is 0 Å². The fraction of sp³-hybridized carbons (Fsp3) is 0.250. The van der Waals surface area contributed by atoms with E-state index in [0.717, 1.165) is 16.0 Å². The van der Waals surface area contributed by atoms with Gasteiger partial charge in [-0.3, -0.25) is 0 Å². The van der Waals surface area contributed by atoms with Gasteiger partial charge >= 0.3 is 0 Å². The van der Waals surface area contributed by atoms with Gasteiger partial charge in [0.2, 0.25) is 11.8 Å². The van der Waals surface area contributed by atoms with E-state index in [4.69, 9.17) is 4.74 Å². The summed E-state index contributed by atoms with van der Waals surface area (Å²) in [5.41, 5.74) is 1.17. The highest BCUT2D eigenvalue weighted by molar-refractivity contribution is 7.16. The number of para-hydroxylation sites is 1. The Morgan fingerprint density at radius 2 is 1.95 bits per heavy atom. The van der Waals surface area contributed by atoms with E-state index in [9.17, 15) is 0 Å². The fourth-order valence-corrected chi connectivity index (χ4v) is 2.93. The van der Waals surface area contributed by atoms with Crippen molar-refractivity contribution in [3.8, 4) is 11.6 Å². The lowest BCUT2D eigenvalue weighted by atomic mass is 10.0. The zero-order valence-corrected chi connectivity index (χ0v) is 13.1. The molecule has 1 aromatic carbocycles. The first-order valence-electron chi connectivity index (χ1n) is 6.89. The average molecular weight is 299 g/mol. The summed E-state index contributed by atoms with van der Waals surface area (Å²) in [6, 6.07) is 10.1. The maximum atomic E-state index is 6.10. The minimum Gasteiger partial charge on any atom is -0.438 e. The predicted molar refractivity (Wildman–Crippen MR) is 87.6 cm³/mol. The van der Waals surface area contributed by atoms with Crippen LogP contribution in [0, 0.1) is 0 Å². The monoisotopic (exact) mass is 299 g/mol. The van der Waals surface area contributed by atoms with Crippen LogP contribution in [0.25, 0.3) is 10.2 Å². The van der Waals surface area contributed by atoms with Crippen molar-refractivity contribution in [2.75, 3.05) is 12.4 Å². The second-order valence-corrected chi connectivity index (χ2v) is 5.93. The standard InChI is InChI=1S/C16H17N3OS/c1-10(2)11-6-4-5-7-13(11)20-14-12-8-9-21-15(12)19-16(17-3)18-14/h4-10H,1-3H3,(H,17,18,19).